The fourth-order valence-corrected chi connectivity index (χ4v) is 3.54. The zero-order chi connectivity index (χ0) is 22.3. The third-order valence-corrected chi connectivity index (χ3v) is 5.40. The molecule has 1 aliphatic carbocycles. The van der Waals surface area contributed by atoms with Crippen LogP contribution in [0, 0.1) is 5.82 Å². The maximum absolute atomic E-state index is 14.7. The van der Waals surface area contributed by atoms with Gasteiger partial charge in [-0.2, -0.15) is 4.98 Å². The Labute approximate surface area is 181 Å². The number of aliphatic hydroxyl groups is 1. The number of nitrogens with zero attached hydrogens (tertiary/aromatic N) is 5. The number of benzene rings is 2. The van der Waals surface area contributed by atoms with Gasteiger partial charge < -0.3 is 9.63 Å². The molecule has 0 saturated heterocycles. The Morgan fingerprint density at radius 3 is 2.59 bits per heavy atom. The first-order chi connectivity index (χ1) is 15.5. The number of rotatable bonds is 4. The number of allylic oxidation sites excluding steroid dienone is 3. The zero-order valence-corrected chi connectivity index (χ0v) is 16.9. The minimum absolute atomic E-state index is 0.0158. The number of halogens is 2. The smallest absolute Gasteiger partial charge is 0.280 e. The highest BCUT2D eigenvalue weighted by Crippen LogP contribution is 2.37. The van der Waals surface area contributed by atoms with Gasteiger partial charge in [0.1, 0.15) is 29.1 Å². The minimum Gasteiger partial charge on any atom is -0.508 e. The average Bonchev–Trinajstić information content (AvgIpc) is 3.45. The fourth-order valence-electron chi connectivity index (χ4n) is 3.54. The van der Waals surface area contributed by atoms with E-state index in [1.54, 1.807) is 25.1 Å². The van der Waals surface area contributed by atoms with E-state index in [4.69, 9.17) is 4.52 Å². The molecule has 0 fully saturated rings. The summed E-state index contributed by atoms with van der Waals surface area (Å²) in [7, 11) is 0. The quantitative estimate of drug-likeness (QED) is 0.500. The molecule has 2 aromatic carbocycles. The van der Waals surface area contributed by atoms with Crippen LogP contribution in [0.15, 0.2) is 83.1 Å². The molecule has 7 nitrogen and oxygen atoms in total. The predicted octanol–water partition coefficient (Wildman–Crippen LogP) is 4.73. The van der Waals surface area contributed by atoms with Crippen LogP contribution in [0.5, 0.6) is 0 Å². The van der Waals surface area contributed by atoms with E-state index in [1.807, 2.05) is 30.3 Å². The summed E-state index contributed by atoms with van der Waals surface area (Å²) in [5.74, 6) is -0.543. The van der Waals surface area contributed by atoms with Gasteiger partial charge in [-0.15, -0.1) is 5.10 Å². The summed E-state index contributed by atoms with van der Waals surface area (Å²) in [6.45, 7) is 1.60. The number of hydrogen-bond donors (Lipinski definition) is 1. The van der Waals surface area contributed by atoms with Crippen molar-refractivity contribution in [3.05, 3.63) is 90.2 Å². The number of hydrogen-bond acceptors (Lipinski definition) is 6. The van der Waals surface area contributed by atoms with Crippen LogP contribution in [-0.4, -0.2) is 36.4 Å². The Balaban J connectivity index is 1.65. The maximum atomic E-state index is 14.7. The normalized spacial score (nSPS) is 20.3. The number of para-hydroxylation sites is 1. The Morgan fingerprint density at radius 2 is 1.84 bits per heavy atom. The van der Waals surface area contributed by atoms with Gasteiger partial charge in [0.2, 0.25) is 0 Å². The summed E-state index contributed by atoms with van der Waals surface area (Å²) in [6.07, 6.45) is 2.40. The third-order valence-electron chi connectivity index (χ3n) is 5.40. The Morgan fingerprint density at radius 1 is 1.09 bits per heavy atom. The molecule has 2 heterocycles. The Kier molecular flexibility index (Phi) is 4.66. The van der Waals surface area contributed by atoms with Crippen molar-refractivity contribution in [2.75, 3.05) is 0 Å². The second kappa shape index (κ2) is 7.52. The van der Waals surface area contributed by atoms with E-state index < -0.39 is 17.4 Å². The van der Waals surface area contributed by atoms with E-state index in [0.717, 1.165) is 6.08 Å². The van der Waals surface area contributed by atoms with Gasteiger partial charge in [0.15, 0.2) is 11.5 Å². The van der Waals surface area contributed by atoms with Crippen LogP contribution in [0.25, 0.3) is 28.5 Å². The van der Waals surface area contributed by atoms with Crippen LogP contribution in [-0.2, 0) is 5.41 Å². The van der Waals surface area contributed by atoms with E-state index in [1.165, 1.54) is 22.9 Å². The molecule has 2 atom stereocenters. The van der Waals surface area contributed by atoms with Crippen LogP contribution in [0.4, 0.5) is 8.78 Å². The SMILES string of the molecule is CC1(c2noc(-c3nnn(-c4ccccc4F)c3-c3ccccc3)n2)C=CC(O)=CC1F. The molecule has 32 heavy (non-hydrogen) atoms. The monoisotopic (exact) mass is 433 g/mol. The van der Waals surface area contributed by atoms with Crippen LogP contribution in [0.2, 0.25) is 0 Å². The molecule has 160 valence electrons. The summed E-state index contributed by atoms with van der Waals surface area (Å²) in [5.41, 5.74) is 0.356. The molecule has 0 aliphatic heterocycles. The minimum atomic E-state index is -1.55. The van der Waals surface area contributed by atoms with Gasteiger partial charge in [0.25, 0.3) is 5.89 Å². The van der Waals surface area contributed by atoms with Crippen LogP contribution >= 0.6 is 0 Å². The van der Waals surface area contributed by atoms with Crippen molar-refractivity contribution in [1.82, 2.24) is 25.1 Å². The molecule has 5 rings (SSSR count). The summed E-state index contributed by atoms with van der Waals surface area (Å²) >= 11 is 0. The molecule has 0 spiro atoms. The first-order valence-corrected chi connectivity index (χ1v) is 9.82. The molecule has 9 heteroatoms. The number of aromatic nitrogens is 5. The van der Waals surface area contributed by atoms with Gasteiger partial charge in [0.05, 0.1) is 5.41 Å². The molecular formula is C23H17F2N5O2. The van der Waals surface area contributed by atoms with Gasteiger partial charge in [0, 0.05) is 5.56 Å². The zero-order valence-electron chi connectivity index (χ0n) is 16.9. The van der Waals surface area contributed by atoms with Crippen LogP contribution in [0.1, 0.15) is 12.7 Å². The van der Waals surface area contributed by atoms with Crippen molar-refractivity contribution in [2.24, 2.45) is 0 Å². The van der Waals surface area contributed by atoms with E-state index in [0.29, 0.717) is 11.3 Å². The predicted molar refractivity (Wildman–Crippen MR) is 112 cm³/mol. The summed E-state index contributed by atoms with van der Waals surface area (Å²) in [5, 5.41) is 21.8. The first kappa shape index (κ1) is 19.8. The molecule has 1 N–H and O–H groups in total. The Bertz CT molecular complexity index is 1350. The summed E-state index contributed by atoms with van der Waals surface area (Å²) in [6, 6.07) is 15.4. The lowest BCUT2D eigenvalue weighted by Gasteiger charge is -2.26. The van der Waals surface area contributed by atoms with Gasteiger partial charge in [-0.3, -0.25) is 0 Å². The highest BCUT2D eigenvalue weighted by Gasteiger charge is 2.40. The van der Waals surface area contributed by atoms with Gasteiger partial charge in [-0.05, 0) is 31.2 Å². The lowest BCUT2D eigenvalue weighted by molar-refractivity contribution is 0.262. The average molecular weight is 433 g/mol. The first-order valence-electron chi connectivity index (χ1n) is 9.82. The van der Waals surface area contributed by atoms with Crippen LogP contribution < -0.4 is 0 Å². The Hall–Kier alpha value is -4.14. The van der Waals surface area contributed by atoms with Crippen molar-refractivity contribution < 1.29 is 18.4 Å². The van der Waals surface area contributed by atoms with E-state index in [-0.39, 0.29) is 28.9 Å². The molecule has 1 aliphatic rings. The molecule has 0 radical (unpaired) electrons. The van der Waals surface area contributed by atoms with E-state index >= 15 is 0 Å². The number of alkyl halides is 1. The van der Waals surface area contributed by atoms with Crippen molar-refractivity contribution >= 4 is 0 Å². The highest BCUT2D eigenvalue weighted by molar-refractivity contribution is 5.75. The lowest BCUT2D eigenvalue weighted by Crippen LogP contribution is -2.33. The fraction of sp³-hybridized carbons (Fsp3) is 0.130. The van der Waals surface area contributed by atoms with Crippen molar-refractivity contribution in [3.8, 4) is 28.5 Å². The highest BCUT2D eigenvalue weighted by atomic mass is 19.1. The molecule has 0 saturated carbocycles. The second-order valence-corrected chi connectivity index (χ2v) is 7.55. The van der Waals surface area contributed by atoms with Crippen molar-refractivity contribution in [2.45, 2.75) is 18.5 Å². The molecule has 0 amide bonds. The molecule has 2 unspecified atom stereocenters. The van der Waals surface area contributed by atoms with Crippen molar-refractivity contribution in [3.63, 3.8) is 0 Å². The third kappa shape index (κ3) is 3.18. The molecule has 0 bridgehead atoms. The molecular weight excluding hydrogens is 416 g/mol. The molecule has 2 aromatic heterocycles. The van der Waals surface area contributed by atoms with E-state index in [9.17, 15) is 13.9 Å². The second-order valence-electron chi connectivity index (χ2n) is 7.55. The van der Waals surface area contributed by atoms with Gasteiger partial charge >= 0.3 is 0 Å². The largest absolute Gasteiger partial charge is 0.508 e. The maximum Gasteiger partial charge on any atom is 0.280 e. The number of aliphatic hydroxyl groups excluding tert-OH is 1. The van der Waals surface area contributed by atoms with E-state index in [2.05, 4.69) is 20.5 Å². The van der Waals surface area contributed by atoms with Crippen LogP contribution in [0.3, 0.4) is 0 Å². The summed E-state index contributed by atoms with van der Waals surface area (Å²) < 4.78 is 36.0. The standard InChI is InChI=1S/C23H17F2N5O2/c1-23(12-11-15(31)13-18(23)25)22-26-21(32-28-22)19-20(14-7-3-2-4-8-14)30(29-27-19)17-10-6-5-9-16(17)24/h2-13,18,31H,1H3. The van der Waals surface area contributed by atoms with Gasteiger partial charge in [-0.25, -0.2) is 13.5 Å². The summed E-state index contributed by atoms with van der Waals surface area (Å²) in [4.78, 5) is 4.38. The van der Waals surface area contributed by atoms with Gasteiger partial charge in [-0.1, -0.05) is 58.9 Å². The lowest BCUT2D eigenvalue weighted by atomic mass is 9.81. The van der Waals surface area contributed by atoms with Crippen molar-refractivity contribution in [1.29, 1.82) is 0 Å². The molecule has 4 aromatic rings. The topological polar surface area (TPSA) is 89.9 Å².